The van der Waals surface area contributed by atoms with E-state index in [0.29, 0.717) is 6.07 Å². The second-order valence-electron chi connectivity index (χ2n) is 4.26. The van der Waals surface area contributed by atoms with Crippen molar-refractivity contribution in [2.24, 2.45) is 0 Å². The monoisotopic (exact) mass is 300 g/mol. The van der Waals surface area contributed by atoms with Gasteiger partial charge in [0.15, 0.2) is 5.82 Å². The van der Waals surface area contributed by atoms with Crippen molar-refractivity contribution in [3.05, 3.63) is 35.2 Å². The van der Waals surface area contributed by atoms with E-state index in [1.54, 1.807) is 6.92 Å². The van der Waals surface area contributed by atoms with Crippen LogP contribution >= 0.6 is 0 Å². The van der Waals surface area contributed by atoms with Crippen molar-refractivity contribution in [2.45, 2.75) is 19.1 Å². The average molecular weight is 300 g/mol. The van der Waals surface area contributed by atoms with Gasteiger partial charge in [-0.1, -0.05) is 5.21 Å². The zero-order chi connectivity index (χ0) is 15.6. The molecule has 2 aromatic rings. The zero-order valence-corrected chi connectivity index (χ0v) is 10.8. The minimum absolute atomic E-state index is 0.0548. The van der Waals surface area contributed by atoms with Crippen LogP contribution in [0.1, 0.15) is 34.7 Å². The quantitative estimate of drug-likeness (QED) is 0.740. The topological polar surface area (TPSA) is 110 Å². The molecule has 1 heterocycles. The molecule has 0 saturated carbocycles. The largest absolute Gasteiger partial charge is 0.416 e. The number of carbonyl (C=O) groups excluding carboxylic acids is 1. The fraction of sp³-hybridized carbons (Fsp3) is 0.273. The van der Waals surface area contributed by atoms with Crippen LogP contribution in [0.15, 0.2) is 18.2 Å². The Morgan fingerprint density at radius 1 is 1.43 bits per heavy atom. The number of aromatic nitrogens is 4. The molecule has 1 atom stereocenters. The van der Waals surface area contributed by atoms with Gasteiger partial charge in [0.25, 0.3) is 5.91 Å². The first-order valence-electron chi connectivity index (χ1n) is 5.80. The van der Waals surface area contributed by atoms with Crippen molar-refractivity contribution in [1.82, 2.24) is 25.9 Å². The van der Waals surface area contributed by atoms with Crippen LogP contribution in [0, 0.1) is 0 Å². The van der Waals surface area contributed by atoms with E-state index in [1.165, 1.54) is 0 Å². The lowest BCUT2D eigenvalue weighted by atomic mass is 10.1. The first-order valence-corrected chi connectivity index (χ1v) is 5.80. The van der Waals surface area contributed by atoms with Gasteiger partial charge in [0.05, 0.1) is 17.2 Å². The summed E-state index contributed by atoms with van der Waals surface area (Å²) in [5.74, 6) is -0.551. The summed E-state index contributed by atoms with van der Waals surface area (Å²) in [5, 5.41) is 15.3. The Morgan fingerprint density at radius 3 is 2.71 bits per heavy atom. The Hall–Kier alpha value is -2.65. The first kappa shape index (κ1) is 14.8. The number of halogens is 3. The maximum Gasteiger partial charge on any atom is 0.416 e. The summed E-state index contributed by atoms with van der Waals surface area (Å²) in [6.07, 6.45) is -4.55. The number of hydrogen-bond acceptors (Lipinski definition) is 5. The molecule has 0 fully saturated rings. The molecule has 1 amide bonds. The number of nitrogen functional groups attached to an aromatic ring is 1. The number of nitrogens with one attached hydrogen (secondary N) is 2. The van der Waals surface area contributed by atoms with Crippen molar-refractivity contribution in [2.75, 3.05) is 5.73 Å². The third-order valence-corrected chi connectivity index (χ3v) is 2.72. The zero-order valence-electron chi connectivity index (χ0n) is 10.8. The number of aromatic amines is 1. The highest BCUT2D eigenvalue weighted by Crippen LogP contribution is 2.31. The molecular weight excluding hydrogens is 289 g/mol. The van der Waals surface area contributed by atoms with Crippen molar-refractivity contribution in [3.63, 3.8) is 0 Å². The van der Waals surface area contributed by atoms with E-state index in [9.17, 15) is 18.0 Å². The molecule has 0 aliphatic heterocycles. The summed E-state index contributed by atoms with van der Waals surface area (Å²) in [7, 11) is 0. The van der Waals surface area contributed by atoms with Crippen molar-refractivity contribution in [3.8, 4) is 0 Å². The minimum atomic E-state index is -4.55. The van der Waals surface area contributed by atoms with Gasteiger partial charge >= 0.3 is 6.18 Å². The molecule has 1 unspecified atom stereocenters. The molecule has 10 heteroatoms. The van der Waals surface area contributed by atoms with Gasteiger partial charge in [0.2, 0.25) is 0 Å². The van der Waals surface area contributed by atoms with Crippen LogP contribution in [0.4, 0.5) is 18.9 Å². The van der Waals surface area contributed by atoms with Gasteiger partial charge in [-0.2, -0.15) is 18.4 Å². The standard InChI is InChI=1S/C11H11F3N6O/c1-5(9-17-19-20-18-9)16-10(21)7-4-6(11(12,13)14)2-3-8(7)15/h2-5H,15H2,1H3,(H,16,21)(H,17,18,19,20). The van der Waals surface area contributed by atoms with Crippen LogP contribution in [0.2, 0.25) is 0 Å². The highest BCUT2D eigenvalue weighted by Gasteiger charge is 2.31. The van der Waals surface area contributed by atoms with E-state index in [1.807, 2.05) is 0 Å². The Labute approximate surface area is 116 Å². The number of amides is 1. The van der Waals surface area contributed by atoms with Crippen molar-refractivity contribution in [1.29, 1.82) is 0 Å². The predicted octanol–water partition coefficient (Wildman–Crippen LogP) is 1.29. The number of nitrogens with two attached hydrogens (primary N) is 1. The molecule has 1 aromatic heterocycles. The minimum Gasteiger partial charge on any atom is -0.398 e. The summed E-state index contributed by atoms with van der Waals surface area (Å²) in [5.41, 5.74) is 4.28. The summed E-state index contributed by atoms with van der Waals surface area (Å²) >= 11 is 0. The summed E-state index contributed by atoms with van der Waals surface area (Å²) < 4.78 is 37.9. The smallest absolute Gasteiger partial charge is 0.398 e. The van der Waals surface area contributed by atoms with E-state index >= 15 is 0 Å². The molecule has 0 bridgehead atoms. The van der Waals surface area contributed by atoms with Crippen LogP contribution in [-0.2, 0) is 6.18 Å². The summed E-state index contributed by atoms with van der Waals surface area (Å²) in [6, 6.07) is 1.92. The number of benzene rings is 1. The molecule has 0 aliphatic rings. The fourth-order valence-electron chi connectivity index (χ4n) is 1.62. The molecule has 0 radical (unpaired) electrons. The van der Waals surface area contributed by atoms with E-state index in [-0.39, 0.29) is 17.1 Å². The molecule has 0 saturated heterocycles. The molecule has 2 rings (SSSR count). The average Bonchev–Trinajstić information content (AvgIpc) is 2.91. The molecule has 4 N–H and O–H groups in total. The van der Waals surface area contributed by atoms with Crippen molar-refractivity contribution >= 4 is 11.6 Å². The summed E-state index contributed by atoms with van der Waals surface area (Å²) in [4.78, 5) is 12.0. The Morgan fingerprint density at radius 2 is 2.14 bits per heavy atom. The number of rotatable bonds is 3. The third kappa shape index (κ3) is 3.27. The van der Waals surface area contributed by atoms with Gasteiger partial charge < -0.3 is 11.1 Å². The van der Waals surface area contributed by atoms with Crippen molar-refractivity contribution < 1.29 is 18.0 Å². The number of anilines is 1. The molecule has 21 heavy (non-hydrogen) atoms. The predicted molar refractivity (Wildman–Crippen MR) is 65.9 cm³/mol. The lowest BCUT2D eigenvalue weighted by Crippen LogP contribution is -2.28. The number of nitrogens with zero attached hydrogens (tertiary/aromatic N) is 3. The van der Waals surface area contributed by atoms with E-state index in [4.69, 9.17) is 5.73 Å². The van der Waals surface area contributed by atoms with Gasteiger partial charge in [-0.3, -0.25) is 4.79 Å². The third-order valence-electron chi connectivity index (χ3n) is 2.72. The highest BCUT2D eigenvalue weighted by atomic mass is 19.4. The summed E-state index contributed by atoms with van der Waals surface area (Å²) in [6.45, 7) is 1.56. The van der Waals surface area contributed by atoms with Gasteiger partial charge in [-0.15, -0.1) is 10.2 Å². The lowest BCUT2D eigenvalue weighted by Gasteiger charge is -2.13. The van der Waals surface area contributed by atoms with E-state index in [0.717, 1.165) is 12.1 Å². The number of alkyl halides is 3. The van der Waals surface area contributed by atoms with Gasteiger partial charge in [-0.25, -0.2) is 0 Å². The Bertz CT molecular complexity index is 640. The Balaban J connectivity index is 2.23. The maximum atomic E-state index is 12.6. The molecule has 1 aromatic carbocycles. The molecular formula is C11H11F3N6O. The van der Waals surface area contributed by atoms with Gasteiger partial charge in [0, 0.05) is 5.69 Å². The van der Waals surface area contributed by atoms with Crippen LogP contribution in [0.3, 0.4) is 0 Å². The second-order valence-corrected chi connectivity index (χ2v) is 4.26. The lowest BCUT2D eigenvalue weighted by molar-refractivity contribution is -0.137. The van der Waals surface area contributed by atoms with Crippen LogP contribution in [0.25, 0.3) is 0 Å². The van der Waals surface area contributed by atoms with Crippen LogP contribution in [0.5, 0.6) is 0 Å². The van der Waals surface area contributed by atoms with E-state index < -0.39 is 23.7 Å². The van der Waals surface area contributed by atoms with Gasteiger partial charge in [0.1, 0.15) is 0 Å². The Kier molecular flexibility index (Phi) is 3.78. The molecule has 7 nitrogen and oxygen atoms in total. The molecule has 112 valence electrons. The highest BCUT2D eigenvalue weighted by molar-refractivity contribution is 5.99. The normalized spacial score (nSPS) is 13.0. The number of carbonyl (C=O) groups is 1. The number of tetrazole rings is 1. The second kappa shape index (κ2) is 5.38. The van der Waals surface area contributed by atoms with Crippen LogP contribution in [-0.4, -0.2) is 26.5 Å². The fourth-order valence-corrected chi connectivity index (χ4v) is 1.62. The van der Waals surface area contributed by atoms with Crippen LogP contribution < -0.4 is 11.1 Å². The SMILES string of the molecule is CC(NC(=O)c1cc(C(F)(F)F)ccc1N)c1nn[nH]n1. The molecule has 0 spiro atoms. The number of hydrogen-bond donors (Lipinski definition) is 3. The maximum absolute atomic E-state index is 12.6. The first-order chi connectivity index (χ1) is 9.79. The van der Waals surface area contributed by atoms with E-state index in [2.05, 4.69) is 25.9 Å². The number of H-pyrrole nitrogens is 1. The molecule has 0 aliphatic carbocycles. The van der Waals surface area contributed by atoms with Gasteiger partial charge in [-0.05, 0) is 25.1 Å².